The Bertz CT molecular complexity index is 755. The predicted molar refractivity (Wildman–Crippen MR) is 78.6 cm³/mol. The quantitative estimate of drug-likeness (QED) is 0.511. The summed E-state index contributed by atoms with van der Waals surface area (Å²) in [5.74, 6) is -1.44. The summed E-state index contributed by atoms with van der Waals surface area (Å²) >= 11 is 1.34. The first-order valence-corrected chi connectivity index (χ1v) is 7.12. The molecule has 2 N–H and O–H groups in total. The minimum Gasteiger partial charge on any atom is -0.481 e. The second kappa shape index (κ2) is 5.13. The molecule has 3 rings (SSSR count). The van der Waals surface area contributed by atoms with E-state index in [0.717, 1.165) is 4.70 Å². The van der Waals surface area contributed by atoms with Gasteiger partial charge in [0.25, 0.3) is 0 Å². The number of carboxylic acids is 1. The van der Waals surface area contributed by atoms with E-state index in [2.05, 4.69) is 10.3 Å². The van der Waals surface area contributed by atoms with Gasteiger partial charge in [0.15, 0.2) is 5.52 Å². The van der Waals surface area contributed by atoms with E-state index in [4.69, 9.17) is 5.11 Å². The van der Waals surface area contributed by atoms with Crippen LogP contribution in [0.15, 0.2) is 29.8 Å². The van der Waals surface area contributed by atoms with Gasteiger partial charge in [0.2, 0.25) is 0 Å². The van der Waals surface area contributed by atoms with Gasteiger partial charge >= 0.3 is 11.7 Å². The third-order valence-corrected chi connectivity index (χ3v) is 4.19. The van der Waals surface area contributed by atoms with Crippen molar-refractivity contribution in [1.82, 2.24) is 4.98 Å². The van der Waals surface area contributed by atoms with Gasteiger partial charge in [0, 0.05) is 6.04 Å². The van der Waals surface area contributed by atoms with E-state index in [9.17, 15) is 14.9 Å². The first kappa shape index (κ1) is 13.5. The zero-order valence-electron chi connectivity index (χ0n) is 10.7. The summed E-state index contributed by atoms with van der Waals surface area (Å²) in [7, 11) is 0. The van der Waals surface area contributed by atoms with Gasteiger partial charge in [-0.25, -0.2) is 4.98 Å². The molecule has 7 nitrogen and oxygen atoms in total. The van der Waals surface area contributed by atoms with Crippen LogP contribution in [0.25, 0.3) is 10.2 Å². The lowest BCUT2D eigenvalue weighted by Crippen LogP contribution is -2.19. The molecule has 1 aliphatic carbocycles. The predicted octanol–water partition coefficient (Wildman–Crippen LogP) is 2.65. The van der Waals surface area contributed by atoms with Crippen molar-refractivity contribution in [2.24, 2.45) is 5.92 Å². The molecular weight excluding hydrogens is 294 g/mol. The number of hydrogen-bond acceptors (Lipinski definition) is 6. The third kappa shape index (κ3) is 2.45. The van der Waals surface area contributed by atoms with Crippen molar-refractivity contribution in [3.8, 4) is 0 Å². The van der Waals surface area contributed by atoms with Gasteiger partial charge < -0.3 is 10.4 Å². The number of fused-ring (bicyclic) bond motifs is 1. The lowest BCUT2D eigenvalue weighted by atomic mass is 10.1. The Kier molecular flexibility index (Phi) is 3.30. The average Bonchev–Trinajstić information content (AvgIpc) is 3.06. The molecular formula is C13H11N3O4S. The normalized spacial score (nSPS) is 20.8. The van der Waals surface area contributed by atoms with Crippen molar-refractivity contribution in [3.63, 3.8) is 0 Å². The first-order chi connectivity index (χ1) is 10.1. The van der Waals surface area contributed by atoms with Crippen LogP contribution in [0.1, 0.15) is 6.42 Å². The van der Waals surface area contributed by atoms with Crippen LogP contribution < -0.4 is 5.32 Å². The molecule has 0 spiro atoms. The molecule has 0 saturated heterocycles. The number of nitro benzene ring substituents is 1. The Morgan fingerprint density at radius 2 is 2.29 bits per heavy atom. The Morgan fingerprint density at radius 3 is 2.95 bits per heavy atom. The molecule has 1 heterocycles. The van der Waals surface area contributed by atoms with E-state index < -0.39 is 16.8 Å². The van der Waals surface area contributed by atoms with Crippen molar-refractivity contribution in [3.05, 3.63) is 39.9 Å². The minimum atomic E-state index is -0.889. The summed E-state index contributed by atoms with van der Waals surface area (Å²) in [5.41, 5.74) is 2.21. The first-order valence-electron chi connectivity index (χ1n) is 6.24. The molecule has 2 unspecified atom stereocenters. The van der Waals surface area contributed by atoms with Gasteiger partial charge in [0.1, 0.15) is 5.69 Å². The van der Waals surface area contributed by atoms with Crippen molar-refractivity contribution >= 4 is 38.9 Å². The largest absolute Gasteiger partial charge is 0.481 e. The molecule has 1 aromatic heterocycles. The van der Waals surface area contributed by atoms with Crippen LogP contribution in [-0.2, 0) is 4.79 Å². The molecule has 0 bridgehead atoms. The van der Waals surface area contributed by atoms with E-state index in [-0.39, 0.29) is 11.7 Å². The number of benzene rings is 1. The van der Waals surface area contributed by atoms with Crippen LogP contribution in [0, 0.1) is 16.0 Å². The Labute approximate surface area is 123 Å². The monoisotopic (exact) mass is 305 g/mol. The topological polar surface area (TPSA) is 105 Å². The number of carboxylic acid groups (broad SMARTS) is 1. The Morgan fingerprint density at radius 1 is 1.48 bits per heavy atom. The molecule has 0 radical (unpaired) electrons. The summed E-state index contributed by atoms with van der Waals surface area (Å²) < 4.78 is 0.748. The zero-order chi connectivity index (χ0) is 15.0. The highest BCUT2D eigenvalue weighted by molar-refractivity contribution is 7.16. The number of nitro groups is 1. The highest BCUT2D eigenvalue weighted by atomic mass is 32.1. The molecule has 21 heavy (non-hydrogen) atoms. The van der Waals surface area contributed by atoms with Gasteiger partial charge in [-0.15, -0.1) is 11.3 Å². The fraction of sp³-hybridized carbons (Fsp3) is 0.231. The minimum absolute atomic E-state index is 0.0686. The molecule has 0 saturated carbocycles. The molecule has 1 aromatic carbocycles. The zero-order valence-corrected chi connectivity index (χ0v) is 11.5. The van der Waals surface area contributed by atoms with Crippen LogP contribution in [0.2, 0.25) is 0 Å². The summed E-state index contributed by atoms with van der Waals surface area (Å²) in [6.07, 6.45) is 3.71. The lowest BCUT2D eigenvalue weighted by Gasteiger charge is -2.13. The number of aromatic nitrogens is 1. The standard InChI is InChI=1S/C13H11N3O4S/c17-13(18)7-1-2-8(5-7)15-9-3-4-10-11(14-6-21-10)12(9)16(19)20/h1-4,6-8,15H,5H2,(H,17,18). The fourth-order valence-corrected chi connectivity index (χ4v) is 3.09. The molecule has 2 aromatic rings. The van der Waals surface area contributed by atoms with Crippen molar-refractivity contribution in [1.29, 1.82) is 0 Å². The number of hydrogen-bond donors (Lipinski definition) is 2. The summed E-state index contributed by atoms with van der Waals surface area (Å²) in [6, 6.07) is 3.18. The van der Waals surface area contributed by atoms with Crippen LogP contribution in [0.3, 0.4) is 0 Å². The second-order valence-electron chi connectivity index (χ2n) is 4.73. The molecule has 1 aliphatic rings. The van der Waals surface area contributed by atoms with Gasteiger partial charge in [-0.1, -0.05) is 12.2 Å². The maximum atomic E-state index is 11.3. The maximum Gasteiger partial charge on any atom is 0.319 e. The molecule has 2 atom stereocenters. The number of nitrogens with one attached hydrogen (secondary N) is 1. The number of rotatable bonds is 4. The van der Waals surface area contributed by atoms with Crippen molar-refractivity contribution in [2.75, 3.05) is 5.32 Å². The summed E-state index contributed by atoms with van der Waals surface area (Å²) in [4.78, 5) is 25.8. The summed E-state index contributed by atoms with van der Waals surface area (Å²) in [6.45, 7) is 0. The number of thiazole rings is 1. The molecule has 0 aliphatic heterocycles. The average molecular weight is 305 g/mol. The highest BCUT2D eigenvalue weighted by Gasteiger charge is 2.27. The van der Waals surface area contributed by atoms with E-state index >= 15 is 0 Å². The van der Waals surface area contributed by atoms with Crippen LogP contribution in [-0.4, -0.2) is 27.0 Å². The van der Waals surface area contributed by atoms with E-state index in [1.165, 1.54) is 11.3 Å². The van der Waals surface area contributed by atoms with Gasteiger partial charge in [-0.3, -0.25) is 14.9 Å². The highest BCUT2D eigenvalue weighted by Crippen LogP contribution is 2.35. The van der Waals surface area contributed by atoms with Crippen molar-refractivity contribution < 1.29 is 14.8 Å². The smallest absolute Gasteiger partial charge is 0.319 e. The van der Waals surface area contributed by atoms with Gasteiger partial charge in [-0.05, 0) is 18.6 Å². The Hall–Kier alpha value is -2.48. The van der Waals surface area contributed by atoms with Crippen LogP contribution in [0.4, 0.5) is 11.4 Å². The molecule has 0 amide bonds. The second-order valence-corrected chi connectivity index (χ2v) is 5.62. The molecule has 108 valence electrons. The van der Waals surface area contributed by atoms with Gasteiger partial charge in [0.05, 0.1) is 21.1 Å². The van der Waals surface area contributed by atoms with Crippen LogP contribution >= 0.6 is 11.3 Å². The number of nitrogens with zero attached hydrogens (tertiary/aromatic N) is 2. The maximum absolute atomic E-state index is 11.3. The Balaban J connectivity index is 1.91. The SMILES string of the molecule is O=C(O)C1C=CC(Nc2ccc3scnc3c2[N+](=O)[O-])C1. The van der Waals surface area contributed by atoms with E-state index in [1.807, 2.05) is 0 Å². The number of anilines is 1. The fourth-order valence-electron chi connectivity index (χ4n) is 2.41. The molecule has 8 heteroatoms. The van der Waals surface area contributed by atoms with Crippen LogP contribution in [0.5, 0.6) is 0 Å². The van der Waals surface area contributed by atoms with Gasteiger partial charge in [-0.2, -0.15) is 0 Å². The lowest BCUT2D eigenvalue weighted by molar-refractivity contribution is -0.382. The van der Waals surface area contributed by atoms with E-state index in [0.29, 0.717) is 17.6 Å². The third-order valence-electron chi connectivity index (χ3n) is 3.40. The number of carbonyl (C=O) groups is 1. The number of aliphatic carboxylic acids is 1. The van der Waals surface area contributed by atoms with Crippen molar-refractivity contribution in [2.45, 2.75) is 12.5 Å². The van der Waals surface area contributed by atoms with E-state index in [1.54, 1.807) is 29.8 Å². The summed E-state index contributed by atoms with van der Waals surface area (Å²) in [5, 5.41) is 23.3. The molecule has 0 fully saturated rings.